The van der Waals surface area contributed by atoms with Crippen molar-refractivity contribution in [1.29, 1.82) is 0 Å². The van der Waals surface area contributed by atoms with E-state index >= 15 is 0 Å². The Morgan fingerprint density at radius 2 is 1.38 bits per heavy atom. The molecule has 0 amide bonds. The number of hydrogen-bond donors (Lipinski definition) is 3. The molecular weight excluding hydrogens is 751 g/mol. The van der Waals surface area contributed by atoms with Crippen LogP contribution in [0.25, 0.3) is 10.9 Å². The Hall–Kier alpha value is -4.35. The summed E-state index contributed by atoms with van der Waals surface area (Å²) >= 11 is 0. The van der Waals surface area contributed by atoms with Crippen LogP contribution in [0, 0.1) is 11.8 Å². The largest absolute Gasteiger partial charge is 0.484 e. The maximum absolute atomic E-state index is 13.2. The number of likely N-dealkylation sites (tertiary alicyclic amines) is 1. The highest BCUT2D eigenvalue weighted by molar-refractivity contribution is 7.89. The number of para-hydroxylation sites is 1. The van der Waals surface area contributed by atoms with E-state index in [0.717, 1.165) is 80.2 Å². The summed E-state index contributed by atoms with van der Waals surface area (Å²) in [5.41, 5.74) is 2.13. The number of nitrogens with zero attached hydrogens (tertiary/aromatic N) is 3. The summed E-state index contributed by atoms with van der Waals surface area (Å²) in [5, 5.41) is 8.03. The van der Waals surface area contributed by atoms with Crippen LogP contribution in [0.4, 0.5) is 38.1 Å². The summed E-state index contributed by atoms with van der Waals surface area (Å²) < 4.78 is 115. The van der Waals surface area contributed by atoms with Crippen molar-refractivity contribution < 1.29 is 44.2 Å². The highest BCUT2D eigenvalue weighted by Gasteiger charge is 2.32. The molecule has 1 aliphatic heterocycles. The van der Waals surface area contributed by atoms with E-state index in [-0.39, 0.29) is 24.4 Å². The van der Waals surface area contributed by atoms with Crippen molar-refractivity contribution in [3.05, 3.63) is 78.4 Å². The topological polar surface area (TPSA) is 118 Å². The fraction of sp³-hybridized carbons (Fsp3) is 0.474. The molecule has 17 heteroatoms. The fourth-order valence-corrected chi connectivity index (χ4v) is 8.22. The zero-order valence-electron chi connectivity index (χ0n) is 30.0. The van der Waals surface area contributed by atoms with E-state index in [4.69, 9.17) is 14.7 Å². The quantitative estimate of drug-likeness (QED) is 0.104. The minimum Gasteiger partial charge on any atom is -0.484 e. The number of aromatic nitrogens is 2. The normalized spacial score (nSPS) is 18.9. The van der Waals surface area contributed by atoms with Gasteiger partial charge in [0.05, 0.1) is 5.52 Å². The standard InChI is InChI=1S/C38H44F6N6O4S/c39-37(40,41)24-53-30-14-15-33(54-25-38(42,43)44)34(20-30)55(51,52)46-22-27-12-10-26(11-13-27)21-45-36-48-32-9-5-4-8-31(32)35(49-36)47-29-16-18-50(19-17-29)23-28-6-2-1-3-7-28/h1-9,14-15,20,26-27,29,46H,10-13,16-19,21-25H2,(H2,45,47,48,49)/t26-,27-. The van der Waals surface area contributed by atoms with Gasteiger partial charge >= 0.3 is 12.4 Å². The Morgan fingerprint density at radius 3 is 2.07 bits per heavy atom. The van der Waals surface area contributed by atoms with E-state index in [9.17, 15) is 34.8 Å². The van der Waals surface area contributed by atoms with Crippen molar-refractivity contribution >= 4 is 32.7 Å². The average Bonchev–Trinajstić information content (AvgIpc) is 3.16. The van der Waals surface area contributed by atoms with Crippen LogP contribution >= 0.6 is 0 Å². The molecule has 0 atom stereocenters. The van der Waals surface area contributed by atoms with Gasteiger partial charge in [0.25, 0.3) is 0 Å². The third kappa shape index (κ3) is 12.1. The maximum Gasteiger partial charge on any atom is 0.422 e. The number of nitrogens with one attached hydrogen (secondary N) is 3. The van der Waals surface area contributed by atoms with E-state index in [1.54, 1.807) is 0 Å². The van der Waals surface area contributed by atoms with Gasteiger partial charge in [-0.15, -0.1) is 0 Å². The number of fused-ring (bicyclic) bond motifs is 1. The number of sulfonamides is 1. The number of rotatable bonds is 15. The average molecular weight is 795 g/mol. The van der Waals surface area contributed by atoms with E-state index in [0.29, 0.717) is 25.3 Å². The van der Waals surface area contributed by atoms with Crippen LogP contribution in [0.15, 0.2) is 77.7 Å². The summed E-state index contributed by atoms with van der Waals surface area (Å²) in [6.07, 6.45) is -4.59. The Balaban J connectivity index is 1.01. The molecule has 3 aromatic carbocycles. The Labute approximate surface area is 316 Å². The van der Waals surface area contributed by atoms with E-state index in [1.165, 1.54) is 5.56 Å². The fourth-order valence-electron chi connectivity index (χ4n) is 6.95. The number of halogens is 6. The molecule has 2 aliphatic rings. The number of piperidine rings is 1. The minimum atomic E-state index is -4.77. The number of anilines is 2. The van der Waals surface area contributed by atoms with E-state index < -0.39 is 52.0 Å². The van der Waals surface area contributed by atoms with Crippen molar-refractivity contribution in [1.82, 2.24) is 19.6 Å². The van der Waals surface area contributed by atoms with E-state index in [1.807, 2.05) is 30.3 Å². The Kier molecular flexibility index (Phi) is 12.9. The lowest BCUT2D eigenvalue weighted by Gasteiger charge is -2.33. The van der Waals surface area contributed by atoms with Crippen LogP contribution in [-0.2, 0) is 16.6 Å². The number of ether oxygens (including phenoxy) is 2. The van der Waals surface area contributed by atoms with Crippen molar-refractivity contribution in [3.8, 4) is 11.5 Å². The lowest BCUT2D eigenvalue weighted by molar-refractivity contribution is -0.154. The second-order valence-electron chi connectivity index (χ2n) is 14.1. The van der Waals surface area contributed by atoms with Gasteiger partial charge < -0.3 is 20.1 Å². The molecule has 0 bridgehead atoms. The van der Waals surface area contributed by atoms with Gasteiger partial charge in [-0.1, -0.05) is 42.5 Å². The van der Waals surface area contributed by atoms with Gasteiger partial charge in [-0.25, -0.2) is 18.1 Å². The SMILES string of the molecule is O=S(=O)(NC[C@H]1CC[C@H](CNc2nc(NC3CCN(Cc4ccccc4)CC3)c3ccccc3n2)CC1)c1cc(OCC(F)(F)F)ccc1OCC(F)(F)F. The van der Waals surface area contributed by atoms with Crippen molar-refractivity contribution in [2.45, 2.75) is 68.4 Å². The molecule has 55 heavy (non-hydrogen) atoms. The van der Waals surface area contributed by atoms with Crippen LogP contribution in [0.2, 0.25) is 0 Å². The summed E-state index contributed by atoms with van der Waals surface area (Å²) in [5.74, 6) is 0.360. The Morgan fingerprint density at radius 1 is 0.745 bits per heavy atom. The molecular formula is C38H44F6N6O4S. The molecule has 2 heterocycles. The molecule has 3 N–H and O–H groups in total. The molecule has 1 saturated carbocycles. The zero-order valence-corrected chi connectivity index (χ0v) is 30.8. The molecule has 0 unspecified atom stereocenters. The van der Waals surface area contributed by atoms with Gasteiger partial charge in [-0.05, 0) is 80.2 Å². The van der Waals surface area contributed by atoms with Crippen LogP contribution in [0.3, 0.4) is 0 Å². The molecule has 1 aromatic heterocycles. The molecule has 298 valence electrons. The lowest BCUT2D eigenvalue weighted by Crippen LogP contribution is -2.38. The number of benzene rings is 3. The highest BCUT2D eigenvalue weighted by Crippen LogP contribution is 2.33. The van der Waals surface area contributed by atoms with Crippen LogP contribution in [0.1, 0.15) is 44.1 Å². The molecule has 1 aliphatic carbocycles. The first-order valence-electron chi connectivity index (χ1n) is 18.3. The van der Waals surface area contributed by atoms with Crippen LogP contribution in [0.5, 0.6) is 11.5 Å². The van der Waals surface area contributed by atoms with Crippen molar-refractivity contribution in [3.63, 3.8) is 0 Å². The summed E-state index contributed by atoms with van der Waals surface area (Å²) in [4.78, 5) is 11.3. The van der Waals surface area contributed by atoms with Gasteiger partial charge in [-0.2, -0.15) is 31.3 Å². The van der Waals surface area contributed by atoms with Crippen molar-refractivity contribution in [2.75, 3.05) is 50.0 Å². The number of hydrogen-bond acceptors (Lipinski definition) is 9. The smallest absolute Gasteiger partial charge is 0.422 e. The first-order chi connectivity index (χ1) is 26.2. The first kappa shape index (κ1) is 40.3. The summed E-state index contributed by atoms with van der Waals surface area (Å²) in [6, 6.07) is 21.1. The molecule has 6 rings (SSSR count). The second-order valence-corrected chi connectivity index (χ2v) is 15.9. The second kappa shape index (κ2) is 17.6. The van der Waals surface area contributed by atoms with Gasteiger partial charge in [0.1, 0.15) is 22.2 Å². The first-order valence-corrected chi connectivity index (χ1v) is 19.7. The van der Waals surface area contributed by atoms with E-state index in [2.05, 4.69) is 49.3 Å². The molecule has 4 aromatic rings. The monoisotopic (exact) mass is 794 g/mol. The van der Waals surface area contributed by atoms with Gasteiger partial charge in [-0.3, -0.25) is 4.90 Å². The minimum absolute atomic E-state index is 0.0111. The summed E-state index contributed by atoms with van der Waals surface area (Å²) in [6.45, 7) is 0.00296. The van der Waals surface area contributed by atoms with Gasteiger partial charge in [0.2, 0.25) is 16.0 Å². The zero-order chi connectivity index (χ0) is 39.1. The molecule has 2 fully saturated rings. The van der Waals surface area contributed by atoms with Crippen LogP contribution in [-0.4, -0.2) is 81.1 Å². The Bertz CT molecular complexity index is 1970. The number of alkyl halides is 6. The third-order valence-corrected chi connectivity index (χ3v) is 11.3. The van der Waals surface area contributed by atoms with Crippen LogP contribution < -0.4 is 24.8 Å². The lowest BCUT2D eigenvalue weighted by atomic mass is 9.82. The maximum atomic E-state index is 13.2. The summed E-state index contributed by atoms with van der Waals surface area (Å²) in [7, 11) is -4.48. The predicted octanol–water partition coefficient (Wildman–Crippen LogP) is 7.79. The van der Waals surface area contributed by atoms with Gasteiger partial charge in [0.15, 0.2) is 13.2 Å². The van der Waals surface area contributed by atoms with Crippen molar-refractivity contribution in [2.24, 2.45) is 11.8 Å². The molecule has 10 nitrogen and oxygen atoms in total. The molecule has 1 saturated heterocycles. The van der Waals surface area contributed by atoms with Gasteiger partial charge in [0, 0.05) is 50.2 Å². The molecule has 0 spiro atoms. The predicted molar refractivity (Wildman–Crippen MR) is 197 cm³/mol. The highest BCUT2D eigenvalue weighted by atomic mass is 32.2. The third-order valence-electron chi connectivity index (χ3n) is 9.86. The molecule has 0 radical (unpaired) electrons.